The second-order valence-electron chi connectivity index (χ2n) is 6.55. The number of piperidine rings is 1. The van der Waals surface area contributed by atoms with Gasteiger partial charge in [-0.25, -0.2) is 0 Å². The molecule has 1 saturated heterocycles. The van der Waals surface area contributed by atoms with E-state index >= 15 is 0 Å². The lowest BCUT2D eigenvalue weighted by atomic mass is 9.73. The van der Waals surface area contributed by atoms with Crippen molar-refractivity contribution in [3.05, 3.63) is 42.0 Å². The van der Waals surface area contributed by atoms with Gasteiger partial charge in [0.05, 0.1) is 13.2 Å². The van der Waals surface area contributed by atoms with E-state index in [0.29, 0.717) is 0 Å². The number of ketones is 1. The summed E-state index contributed by atoms with van der Waals surface area (Å²) in [6.07, 6.45) is 5.85. The Morgan fingerprint density at radius 2 is 1.87 bits per heavy atom. The smallest absolute Gasteiger partial charge is 0.238 e. The van der Waals surface area contributed by atoms with Crippen LogP contribution in [-0.2, 0) is 9.59 Å². The molecule has 3 atom stereocenters. The van der Waals surface area contributed by atoms with Crippen molar-refractivity contribution in [2.24, 2.45) is 5.92 Å². The molecule has 122 valence electrons. The number of amides is 1. The van der Waals surface area contributed by atoms with E-state index in [9.17, 15) is 9.59 Å². The summed E-state index contributed by atoms with van der Waals surface area (Å²) < 4.78 is 5.17. The topological polar surface area (TPSA) is 46.6 Å². The van der Waals surface area contributed by atoms with E-state index in [-0.39, 0.29) is 29.7 Å². The molecule has 1 aliphatic heterocycles. The van der Waals surface area contributed by atoms with E-state index in [1.54, 1.807) is 7.11 Å². The molecule has 0 radical (unpaired) electrons. The Labute approximate surface area is 137 Å². The summed E-state index contributed by atoms with van der Waals surface area (Å²) in [5.41, 5.74) is 0.763. The third kappa shape index (κ3) is 2.67. The monoisotopic (exact) mass is 313 g/mol. The highest BCUT2D eigenvalue weighted by atomic mass is 16.5. The van der Waals surface area contributed by atoms with Crippen LogP contribution in [0, 0.1) is 5.92 Å². The number of Topliss-reactive ketones (excluding diaryl/α,β-unsaturated/α-hetero) is 1. The molecule has 0 aromatic heterocycles. The molecule has 4 heteroatoms. The maximum absolute atomic E-state index is 13.0. The predicted molar refractivity (Wildman–Crippen MR) is 88.4 cm³/mol. The number of likely N-dealkylation sites (tertiary alicyclic amines) is 1. The normalized spacial score (nSPS) is 27.3. The van der Waals surface area contributed by atoms with Gasteiger partial charge in [0.15, 0.2) is 5.78 Å². The number of carbonyl (C=O) groups excluding carboxylic acids is 2. The van der Waals surface area contributed by atoms with Gasteiger partial charge in [-0.2, -0.15) is 0 Å². The van der Waals surface area contributed by atoms with Crippen LogP contribution in [0.25, 0.3) is 0 Å². The molecule has 3 rings (SSSR count). The Morgan fingerprint density at radius 1 is 1.17 bits per heavy atom. The largest absolute Gasteiger partial charge is 0.497 e. The van der Waals surface area contributed by atoms with Crippen molar-refractivity contribution in [1.82, 2.24) is 4.90 Å². The van der Waals surface area contributed by atoms with E-state index in [1.807, 2.05) is 49.1 Å². The maximum Gasteiger partial charge on any atom is 0.238 e. The van der Waals surface area contributed by atoms with Gasteiger partial charge in [0, 0.05) is 12.0 Å². The summed E-state index contributed by atoms with van der Waals surface area (Å²) >= 11 is 0. The third-order valence-corrected chi connectivity index (χ3v) is 4.87. The van der Waals surface area contributed by atoms with E-state index < -0.39 is 5.92 Å². The van der Waals surface area contributed by atoms with Gasteiger partial charge in [0.2, 0.25) is 5.91 Å². The van der Waals surface area contributed by atoms with Crippen LogP contribution in [0.3, 0.4) is 0 Å². The first kappa shape index (κ1) is 15.8. The number of hydrogen-bond donors (Lipinski definition) is 0. The SMILES string of the molecule is COc1ccc(C2C(=O)[C@@H]3CCC=C[C@@H]3N(C(C)C)C2=O)cc1. The van der Waals surface area contributed by atoms with E-state index in [0.717, 1.165) is 24.2 Å². The van der Waals surface area contributed by atoms with Crippen molar-refractivity contribution in [3.8, 4) is 5.75 Å². The zero-order chi connectivity index (χ0) is 16.6. The zero-order valence-corrected chi connectivity index (χ0v) is 13.9. The number of fused-ring (bicyclic) bond motifs is 1. The summed E-state index contributed by atoms with van der Waals surface area (Å²) in [6, 6.07) is 7.27. The fraction of sp³-hybridized carbons (Fsp3) is 0.474. The molecule has 0 bridgehead atoms. The zero-order valence-electron chi connectivity index (χ0n) is 13.9. The van der Waals surface area contributed by atoms with Crippen molar-refractivity contribution in [1.29, 1.82) is 0 Å². The molecule has 0 saturated carbocycles. The van der Waals surface area contributed by atoms with Gasteiger partial charge in [-0.3, -0.25) is 9.59 Å². The number of benzene rings is 1. The quantitative estimate of drug-likeness (QED) is 0.637. The van der Waals surface area contributed by atoms with Crippen LogP contribution in [0.15, 0.2) is 36.4 Å². The summed E-state index contributed by atoms with van der Waals surface area (Å²) in [6.45, 7) is 4.02. The average Bonchev–Trinajstić information content (AvgIpc) is 2.55. The summed E-state index contributed by atoms with van der Waals surface area (Å²) in [5, 5.41) is 0. The molecule has 1 fully saturated rings. The minimum absolute atomic E-state index is 0.0615. The van der Waals surface area contributed by atoms with Gasteiger partial charge in [-0.05, 0) is 44.4 Å². The van der Waals surface area contributed by atoms with E-state index in [2.05, 4.69) is 6.08 Å². The molecule has 1 amide bonds. The lowest BCUT2D eigenvalue weighted by Crippen LogP contribution is -2.58. The van der Waals surface area contributed by atoms with Crippen LogP contribution in [-0.4, -0.2) is 35.8 Å². The van der Waals surface area contributed by atoms with Crippen LogP contribution in [0.5, 0.6) is 5.75 Å². The molecule has 1 aromatic rings. The summed E-state index contributed by atoms with van der Waals surface area (Å²) in [4.78, 5) is 27.9. The van der Waals surface area contributed by atoms with Crippen molar-refractivity contribution in [2.45, 2.75) is 44.7 Å². The van der Waals surface area contributed by atoms with Crippen molar-refractivity contribution < 1.29 is 14.3 Å². The molecular formula is C19H23NO3. The lowest BCUT2D eigenvalue weighted by molar-refractivity contribution is -0.150. The standard InChI is InChI=1S/C19H23NO3/c1-12(2)20-16-7-5-4-6-15(16)18(21)17(19(20)22)13-8-10-14(23-3)11-9-13/h5,7-12,15-17H,4,6H2,1-3H3/t15-,16+,17?/m1/s1. The maximum atomic E-state index is 13.0. The van der Waals surface area contributed by atoms with E-state index in [4.69, 9.17) is 4.74 Å². The minimum atomic E-state index is -0.684. The highest BCUT2D eigenvalue weighted by molar-refractivity contribution is 6.10. The van der Waals surface area contributed by atoms with Gasteiger partial charge in [-0.15, -0.1) is 0 Å². The predicted octanol–water partition coefficient (Wildman–Crippen LogP) is 2.93. The molecule has 4 nitrogen and oxygen atoms in total. The Morgan fingerprint density at radius 3 is 2.48 bits per heavy atom. The third-order valence-electron chi connectivity index (χ3n) is 4.87. The molecule has 2 aliphatic rings. The molecular weight excluding hydrogens is 290 g/mol. The fourth-order valence-electron chi connectivity index (χ4n) is 3.75. The summed E-state index contributed by atoms with van der Waals surface area (Å²) in [7, 11) is 1.60. The average molecular weight is 313 g/mol. The lowest BCUT2D eigenvalue weighted by Gasteiger charge is -2.45. The Kier molecular flexibility index (Phi) is 4.24. The molecule has 1 aromatic carbocycles. The highest BCUT2D eigenvalue weighted by Gasteiger charge is 2.48. The number of ether oxygens (including phenoxy) is 1. The Bertz CT molecular complexity index is 633. The van der Waals surface area contributed by atoms with Crippen LogP contribution < -0.4 is 4.74 Å². The Balaban J connectivity index is 2.00. The number of nitrogens with zero attached hydrogens (tertiary/aromatic N) is 1. The van der Waals surface area contributed by atoms with Gasteiger partial charge in [-0.1, -0.05) is 24.3 Å². The molecule has 1 aliphatic carbocycles. The Hall–Kier alpha value is -2.10. The second kappa shape index (κ2) is 6.19. The molecule has 1 unspecified atom stereocenters. The van der Waals surface area contributed by atoms with Crippen LogP contribution in [0.1, 0.15) is 38.2 Å². The van der Waals surface area contributed by atoms with Crippen LogP contribution in [0.4, 0.5) is 0 Å². The molecule has 0 spiro atoms. The van der Waals surface area contributed by atoms with Gasteiger partial charge >= 0.3 is 0 Å². The first-order chi connectivity index (χ1) is 11.0. The first-order valence-electron chi connectivity index (χ1n) is 8.21. The fourth-order valence-corrected chi connectivity index (χ4v) is 3.75. The first-order valence-corrected chi connectivity index (χ1v) is 8.21. The van der Waals surface area contributed by atoms with Crippen molar-refractivity contribution in [2.75, 3.05) is 7.11 Å². The minimum Gasteiger partial charge on any atom is -0.497 e. The molecule has 1 heterocycles. The van der Waals surface area contributed by atoms with E-state index in [1.165, 1.54) is 0 Å². The van der Waals surface area contributed by atoms with Gasteiger partial charge < -0.3 is 9.64 Å². The molecule has 0 N–H and O–H groups in total. The molecule has 23 heavy (non-hydrogen) atoms. The number of allylic oxidation sites excluding steroid dienone is 1. The highest BCUT2D eigenvalue weighted by Crippen LogP contribution is 2.38. The number of rotatable bonds is 3. The summed E-state index contributed by atoms with van der Waals surface area (Å²) in [5.74, 6) is -0.0682. The number of methoxy groups -OCH3 is 1. The van der Waals surface area contributed by atoms with Crippen LogP contribution in [0.2, 0.25) is 0 Å². The van der Waals surface area contributed by atoms with Crippen LogP contribution >= 0.6 is 0 Å². The number of carbonyl (C=O) groups is 2. The van der Waals surface area contributed by atoms with Crippen molar-refractivity contribution in [3.63, 3.8) is 0 Å². The van der Waals surface area contributed by atoms with Gasteiger partial charge in [0.1, 0.15) is 11.7 Å². The van der Waals surface area contributed by atoms with Gasteiger partial charge in [0.25, 0.3) is 0 Å². The second-order valence-corrected chi connectivity index (χ2v) is 6.55. The number of hydrogen-bond acceptors (Lipinski definition) is 3. The van der Waals surface area contributed by atoms with Crippen molar-refractivity contribution >= 4 is 11.7 Å².